The van der Waals surface area contributed by atoms with Gasteiger partial charge >= 0.3 is 5.97 Å². The second-order valence-corrected chi connectivity index (χ2v) is 10.8. The fourth-order valence-electron chi connectivity index (χ4n) is 8.05. The summed E-state index contributed by atoms with van der Waals surface area (Å²) >= 11 is 0. The summed E-state index contributed by atoms with van der Waals surface area (Å²) in [5.41, 5.74) is 1.49. The molecule has 0 aromatic heterocycles. The lowest BCUT2D eigenvalue weighted by molar-refractivity contribution is -0.137. The third-order valence-electron chi connectivity index (χ3n) is 9.56. The summed E-state index contributed by atoms with van der Waals surface area (Å²) in [6.07, 6.45) is 9.39. The van der Waals surface area contributed by atoms with Crippen LogP contribution in [-0.2, 0) is 9.59 Å². The van der Waals surface area contributed by atoms with E-state index in [1.165, 1.54) is 12.0 Å². The molecule has 0 saturated heterocycles. The van der Waals surface area contributed by atoms with Crippen LogP contribution in [0.1, 0.15) is 78.6 Å². The Morgan fingerprint density at radius 1 is 1.21 bits per heavy atom. The summed E-state index contributed by atoms with van der Waals surface area (Å²) in [5.74, 6) is 1.83. The topological polar surface area (TPSA) is 74.6 Å². The van der Waals surface area contributed by atoms with Gasteiger partial charge in [0.05, 0.1) is 6.10 Å². The van der Waals surface area contributed by atoms with Crippen molar-refractivity contribution in [2.45, 2.75) is 84.7 Å². The molecule has 0 aromatic carbocycles. The molecule has 3 saturated carbocycles. The average molecular weight is 389 g/mol. The van der Waals surface area contributed by atoms with Crippen LogP contribution in [0.5, 0.6) is 0 Å². The number of aliphatic hydroxyl groups is 1. The summed E-state index contributed by atoms with van der Waals surface area (Å²) < 4.78 is 0. The molecule has 0 heterocycles. The molecule has 0 spiro atoms. The highest BCUT2D eigenvalue weighted by atomic mass is 16.4. The van der Waals surface area contributed by atoms with Gasteiger partial charge in [-0.2, -0.15) is 0 Å². The Morgan fingerprint density at radius 2 is 1.96 bits per heavy atom. The van der Waals surface area contributed by atoms with Crippen LogP contribution in [0.3, 0.4) is 0 Å². The minimum Gasteiger partial charge on any atom is -0.481 e. The van der Waals surface area contributed by atoms with Gasteiger partial charge in [0, 0.05) is 12.8 Å². The number of carboxylic acids is 1. The zero-order valence-corrected chi connectivity index (χ0v) is 17.6. The molecule has 4 nitrogen and oxygen atoms in total. The standard InChI is InChI=1S/C24H36O4/c1-14(4-7-21(27)28)17-5-6-18-22-19(9-11-24(17,18)3)23(2)10-8-16(25)12-15(23)13-20(22)26/h12,14,17-20,22,26H,4-11,13H2,1-3H3,(H,27,28)/t14-,17-,18?,19?,20+,22+,23+,24-/m1/s1. The maximum atomic E-state index is 12.0. The first-order valence-corrected chi connectivity index (χ1v) is 11.3. The Bertz CT molecular complexity index is 697. The monoisotopic (exact) mass is 388 g/mol. The van der Waals surface area contributed by atoms with Crippen molar-refractivity contribution in [1.29, 1.82) is 0 Å². The highest BCUT2D eigenvalue weighted by molar-refractivity contribution is 5.91. The number of carbonyl (C=O) groups is 2. The maximum Gasteiger partial charge on any atom is 0.303 e. The molecule has 0 radical (unpaired) electrons. The van der Waals surface area contributed by atoms with E-state index in [4.69, 9.17) is 5.11 Å². The number of ketones is 1. The molecule has 4 rings (SSSR count). The van der Waals surface area contributed by atoms with Gasteiger partial charge in [-0.1, -0.05) is 26.3 Å². The lowest BCUT2D eigenvalue weighted by atomic mass is 9.45. The van der Waals surface area contributed by atoms with Crippen molar-refractivity contribution in [3.05, 3.63) is 11.6 Å². The summed E-state index contributed by atoms with van der Waals surface area (Å²) in [4.78, 5) is 23.0. The summed E-state index contributed by atoms with van der Waals surface area (Å²) in [7, 11) is 0. The quantitative estimate of drug-likeness (QED) is 0.738. The minimum absolute atomic E-state index is 0.0755. The molecule has 156 valence electrons. The molecule has 28 heavy (non-hydrogen) atoms. The van der Waals surface area contributed by atoms with Gasteiger partial charge in [-0.15, -0.1) is 0 Å². The summed E-state index contributed by atoms with van der Waals surface area (Å²) in [5, 5.41) is 20.3. The Morgan fingerprint density at radius 3 is 2.68 bits per heavy atom. The van der Waals surface area contributed by atoms with Crippen molar-refractivity contribution < 1.29 is 19.8 Å². The highest BCUT2D eigenvalue weighted by Crippen LogP contribution is 2.67. The number of aliphatic hydroxyl groups excluding tert-OH is 1. The number of fused-ring (bicyclic) bond motifs is 5. The zero-order chi connectivity index (χ0) is 20.3. The Labute approximate surface area is 168 Å². The van der Waals surface area contributed by atoms with E-state index in [1.807, 2.05) is 6.08 Å². The van der Waals surface area contributed by atoms with E-state index in [2.05, 4.69) is 20.8 Å². The molecular weight excluding hydrogens is 352 g/mol. The molecule has 4 heteroatoms. The highest BCUT2D eigenvalue weighted by Gasteiger charge is 2.61. The molecule has 0 aliphatic heterocycles. The Balaban J connectivity index is 1.59. The molecule has 0 aromatic rings. The molecule has 0 bridgehead atoms. The molecule has 2 unspecified atom stereocenters. The lowest BCUT2D eigenvalue weighted by Gasteiger charge is -2.59. The van der Waals surface area contributed by atoms with Crippen molar-refractivity contribution in [3.8, 4) is 0 Å². The van der Waals surface area contributed by atoms with Crippen LogP contribution in [0.4, 0.5) is 0 Å². The third kappa shape index (κ3) is 2.98. The van der Waals surface area contributed by atoms with Gasteiger partial charge in [0.2, 0.25) is 0 Å². The van der Waals surface area contributed by atoms with Crippen molar-refractivity contribution in [2.75, 3.05) is 0 Å². The molecular formula is C24H36O4. The lowest BCUT2D eigenvalue weighted by Crippen LogP contribution is -2.55. The molecule has 4 aliphatic carbocycles. The first-order chi connectivity index (χ1) is 13.2. The fourth-order valence-corrected chi connectivity index (χ4v) is 8.05. The van der Waals surface area contributed by atoms with E-state index in [-0.39, 0.29) is 29.1 Å². The first kappa shape index (κ1) is 20.1. The van der Waals surface area contributed by atoms with Gasteiger partial charge in [-0.05, 0) is 91.4 Å². The fraction of sp³-hybridized carbons (Fsp3) is 0.833. The van der Waals surface area contributed by atoms with E-state index >= 15 is 0 Å². The average Bonchev–Trinajstić information content (AvgIpc) is 2.98. The van der Waals surface area contributed by atoms with Gasteiger partial charge in [0.15, 0.2) is 5.78 Å². The Kier molecular flexibility index (Phi) is 5.01. The largest absolute Gasteiger partial charge is 0.481 e. The number of aliphatic carboxylic acids is 1. The van der Waals surface area contributed by atoms with E-state index in [0.717, 1.165) is 32.1 Å². The van der Waals surface area contributed by atoms with E-state index in [1.54, 1.807) is 0 Å². The van der Waals surface area contributed by atoms with Crippen LogP contribution >= 0.6 is 0 Å². The summed E-state index contributed by atoms with van der Waals surface area (Å²) in [6, 6.07) is 0. The molecule has 3 fully saturated rings. The molecule has 4 aliphatic rings. The van der Waals surface area contributed by atoms with Gasteiger partial charge in [0.1, 0.15) is 0 Å². The second kappa shape index (κ2) is 6.97. The number of rotatable bonds is 4. The maximum absolute atomic E-state index is 12.0. The first-order valence-electron chi connectivity index (χ1n) is 11.3. The van der Waals surface area contributed by atoms with Crippen LogP contribution in [0.15, 0.2) is 11.6 Å². The number of carbonyl (C=O) groups excluding carboxylic acids is 1. The van der Waals surface area contributed by atoms with Crippen molar-refractivity contribution in [3.63, 3.8) is 0 Å². The Hall–Kier alpha value is -1.16. The zero-order valence-electron chi connectivity index (χ0n) is 17.6. The predicted octanol–water partition coefficient (Wildman–Crippen LogP) is 4.61. The van der Waals surface area contributed by atoms with Crippen LogP contribution in [0.25, 0.3) is 0 Å². The van der Waals surface area contributed by atoms with Gasteiger partial charge in [0.25, 0.3) is 0 Å². The number of hydrogen-bond acceptors (Lipinski definition) is 3. The molecule has 0 amide bonds. The van der Waals surface area contributed by atoms with E-state index < -0.39 is 5.97 Å². The molecule has 8 atom stereocenters. The van der Waals surface area contributed by atoms with Crippen LogP contribution in [0.2, 0.25) is 0 Å². The normalized spacial score (nSPS) is 46.2. The van der Waals surface area contributed by atoms with Crippen LogP contribution < -0.4 is 0 Å². The van der Waals surface area contributed by atoms with Crippen molar-refractivity contribution in [2.24, 2.45) is 40.4 Å². The van der Waals surface area contributed by atoms with Crippen LogP contribution in [-0.4, -0.2) is 28.1 Å². The van der Waals surface area contributed by atoms with Gasteiger partial charge < -0.3 is 10.2 Å². The molecule has 2 N–H and O–H groups in total. The van der Waals surface area contributed by atoms with Crippen LogP contribution in [0, 0.1) is 40.4 Å². The van der Waals surface area contributed by atoms with E-state index in [0.29, 0.717) is 42.4 Å². The number of hydrogen-bond donors (Lipinski definition) is 2. The minimum atomic E-state index is -0.697. The van der Waals surface area contributed by atoms with E-state index in [9.17, 15) is 14.7 Å². The SMILES string of the molecule is C[C@H](CCC(=O)O)[C@H]1CCC2[C@H]3C(CC[C@@]21C)[C@@]1(C)CCC(=O)C=C1C[C@@H]3O. The van der Waals surface area contributed by atoms with Gasteiger partial charge in [-0.3, -0.25) is 9.59 Å². The predicted molar refractivity (Wildman–Crippen MR) is 108 cm³/mol. The third-order valence-corrected chi connectivity index (χ3v) is 9.56. The summed E-state index contributed by atoms with van der Waals surface area (Å²) in [6.45, 7) is 7.01. The van der Waals surface area contributed by atoms with Crippen molar-refractivity contribution in [1.82, 2.24) is 0 Å². The second-order valence-electron chi connectivity index (χ2n) is 10.8. The van der Waals surface area contributed by atoms with Gasteiger partial charge in [-0.25, -0.2) is 0 Å². The van der Waals surface area contributed by atoms with Crippen molar-refractivity contribution >= 4 is 11.8 Å². The number of carboxylic acid groups (broad SMARTS) is 1. The smallest absolute Gasteiger partial charge is 0.303 e.